The number of H-pyrrole nitrogens is 1. The Balaban J connectivity index is 1.83. The van der Waals surface area contributed by atoms with Crippen molar-refractivity contribution in [2.75, 3.05) is 23.3 Å². The number of fused-ring (bicyclic) bond motifs is 2. The van der Waals surface area contributed by atoms with E-state index in [2.05, 4.69) is 57.0 Å². The third-order valence-corrected chi connectivity index (χ3v) is 5.28. The Morgan fingerprint density at radius 3 is 2.69 bits per heavy atom. The summed E-state index contributed by atoms with van der Waals surface area (Å²) < 4.78 is 14.1. The Kier molecular flexibility index (Phi) is 5.00. The monoisotopic (exact) mass is 393 g/mol. The largest absolute Gasteiger partial charge is 0.361 e. The Labute approximate surface area is 168 Å². The van der Waals surface area contributed by atoms with Crippen molar-refractivity contribution in [2.24, 2.45) is 0 Å². The van der Waals surface area contributed by atoms with Crippen LogP contribution in [0.2, 0.25) is 0 Å². The standard InChI is InChI=1S/C21H24FN7/c1-5-29(6-2)21-15(9-14-7-8-16(22)12(3)17(14)28-21)13(4)27-20-18-19(24-10-23-18)25-11-26-20/h7-11,13H,5-6H2,1-4H3,(H2,23,24,25,26,27)/t13-/m0/s1. The van der Waals surface area contributed by atoms with Gasteiger partial charge >= 0.3 is 0 Å². The summed E-state index contributed by atoms with van der Waals surface area (Å²) in [6.07, 6.45) is 3.11. The molecule has 0 aliphatic rings. The van der Waals surface area contributed by atoms with Gasteiger partial charge in [0.15, 0.2) is 11.5 Å². The normalized spacial score (nSPS) is 12.4. The molecule has 1 aromatic carbocycles. The van der Waals surface area contributed by atoms with Gasteiger partial charge in [-0.05, 0) is 45.9 Å². The van der Waals surface area contributed by atoms with Gasteiger partial charge in [-0.2, -0.15) is 0 Å². The van der Waals surface area contributed by atoms with Crippen LogP contribution in [-0.4, -0.2) is 38.0 Å². The van der Waals surface area contributed by atoms with E-state index in [1.807, 2.05) is 0 Å². The first-order chi connectivity index (χ1) is 14.0. The molecule has 150 valence electrons. The lowest BCUT2D eigenvalue weighted by atomic mass is 10.0. The zero-order valence-electron chi connectivity index (χ0n) is 17.0. The van der Waals surface area contributed by atoms with Crippen LogP contribution in [-0.2, 0) is 0 Å². The zero-order chi connectivity index (χ0) is 20.5. The predicted octanol–water partition coefficient (Wildman–Crippen LogP) is 4.37. The summed E-state index contributed by atoms with van der Waals surface area (Å²) in [6.45, 7) is 9.63. The number of aromatic nitrogens is 5. The summed E-state index contributed by atoms with van der Waals surface area (Å²) in [7, 11) is 0. The average Bonchev–Trinajstić information content (AvgIpc) is 3.21. The van der Waals surface area contributed by atoms with Crippen LogP contribution in [0.3, 0.4) is 0 Å². The second kappa shape index (κ2) is 7.62. The summed E-state index contributed by atoms with van der Waals surface area (Å²) in [6, 6.07) is 5.27. The van der Waals surface area contributed by atoms with Gasteiger partial charge in [-0.1, -0.05) is 0 Å². The Morgan fingerprint density at radius 1 is 1.14 bits per heavy atom. The molecule has 1 atom stereocenters. The molecular weight excluding hydrogens is 369 g/mol. The fraction of sp³-hybridized carbons (Fsp3) is 0.333. The van der Waals surface area contributed by atoms with Gasteiger partial charge in [0.2, 0.25) is 0 Å². The molecule has 7 nitrogen and oxygen atoms in total. The number of aromatic amines is 1. The van der Waals surface area contributed by atoms with Gasteiger partial charge in [0.05, 0.1) is 17.9 Å². The number of imidazole rings is 1. The minimum atomic E-state index is -0.240. The molecular formula is C21H24FN7. The van der Waals surface area contributed by atoms with Crippen LogP contribution in [0.15, 0.2) is 30.9 Å². The summed E-state index contributed by atoms with van der Waals surface area (Å²) in [5, 5.41) is 4.36. The first-order valence-corrected chi connectivity index (χ1v) is 9.78. The van der Waals surface area contributed by atoms with Crippen molar-refractivity contribution in [1.29, 1.82) is 0 Å². The van der Waals surface area contributed by atoms with Crippen LogP contribution in [0.1, 0.15) is 37.9 Å². The molecule has 0 aliphatic heterocycles. The number of rotatable bonds is 6. The highest BCUT2D eigenvalue weighted by Crippen LogP contribution is 2.32. The molecule has 3 aromatic heterocycles. The Hall–Kier alpha value is -3.29. The molecule has 0 fully saturated rings. The summed E-state index contributed by atoms with van der Waals surface area (Å²) in [5.74, 6) is 1.27. The lowest BCUT2D eigenvalue weighted by Gasteiger charge is -2.27. The zero-order valence-corrected chi connectivity index (χ0v) is 17.0. The van der Waals surface area contributed by atoms with Gasteiger partial charge in [-0.25, -0.2) is 24.3 Å². The number of benzene rings is 1. The average molecular weight is 393 g/mol. The van der Waals surface area contributed by atoms with Crippen LogP contribution in [0.25, 0.3) is 22.1 Å². The van der Waals surface area contributed by atoms with Crippen molar-refractivity contribution in [3.05, 3.63) is 47.8 Å². The van der Waals surface area contributed by atoms with E-state index in [9.17, 15) is 4.39 Å². The lowest BCUT2D eigenvalue weighted by molar-refractivity contribution is 0.620. The van der Waals surface area contributed by atoms with Crippen LogP contribution >= 0.6 is 0 Å². The van der Waals surface area contributed by atoms with Crippen LogP contribution in [0, 0.1) is 12.7 Å². The first kappa shape index (κ1) is 19.0. The number of aryl methyl sites for hydroxylation is 1. The molecule has 2 N–H and O–H groups in total. The first-order valence-electron chi connectivity index (χ1n) is 9.78. The quantitative estimate of drug-likeness (QED) is 0.506. The molecule has 0 amide bonds. The number of nitrogens with one attached hydrogen (secondary N) is 2. The van der Waals surface area contributed by atoms with E-state index in [4.69, 9.17) is 4.98 Å². The van der Waals surface area contributed by atoms with Crippen molar-refractivity contribution < 1.29 is 4.39 Å². The number of hydrogen-bond acceptors (Lipinski definition) is 6. The SMILES string of the molecule is CCN(CC)c1nc2c(C)c(F)ccc2cc1[C@H](C)Nc1ncnc2[nH]cnc12. The van der Waals surface area contributed by atoms with E-state index in [-0.39, 0.29) is 11.9 Å². The van der Waals surface area contributed by atoms with Crippen molar-refractivity contribution in [3.8, 4) is 0 Å². The maximum atomic E-state index is 14.1. The van der Waals surface area contributed by atoms with E-state index in [1.165, 1.54) is 12.4 Å². The van der Waals surface area contributed by atoms with Crippen molar-refractivity contribution >= 4 is 33.7 Å². The van der Waals surface area contributed by atoms with E-state index in [0.29, 0.717) is 28.1 Å². The second-order valence-corrected chi connectivity index (χ2v) is 7.01. The maximum Gasteiger partial charge on any atom is 0.162 e. The fourth-order valence-electron chi connectivity index (χ4n) is 3.61. The molecule has 0 spiro atoms. The van der Waals surface area contributed by atoms with Gasteiger partial charge in [-0.3, -0.25) is 0 Å². The predicted molar refractivity (Wildman–Crippen MR) is 114 cm³/mol. The van der Waals surface area contributed by atoms with Crippen molar-refractivity contribution in [1.82, 2.24) is 24.9 Å². The number of hydrogen-bond donors (Lipinski definition) is 2. The van der Waals surface area contributed by atoms with Gasteiger partial charge in [-0.15, -0.1) is 0 Å². The van der Waals surface area contributed by atoms with Crippen molar-refractivity contribution in [2.45, 2.75) is 33.7 Å². The minimum Gasteiger partial charge on any atom is -0.361 e. The number of anilines is 2. The van der Waals surface area contributed by atoms with Gasteiger partial charge in [0.1, 0.15) is 23.5 Å². The second-order valence-electron chi connectivity index (χ2n) is 7.01. The lowest BCUT2D eigenvalue weighted by Crippen LogP contribution is -2.26. The third-order valence-electron chi connectivity index (χ3n) is 5.28. The third kappa shape index (κ3) is 3.35. The number of nitrogens with zero attached hydrogens (tertiary/aromatic N) is 5. The topological polar surface area (TPSA) is 82.6 Å². The number of halogens is 1. The van der Waals surface area contributed by atoms with Crippen LogP contribution in [0.4, 0.5) is 16.0 Å². The molecule has 0 bridgehead atoms. The highest BCUT2D eigenvalue weighted by Gasteiger charge is 2.20. The summed E-state index contributed by atoms with van der Waals surface area (Å²) in [4.78, 5) is 22.9. The molecule has 3 heterocycles. The molecule has 8 heteroatoms. The van der Waals surface area contributed by atoms with Crippen molar-refractivity contribution in [3.63, 3.8) is 0 Å². The molecule has 0 aliphatic carbocycles. The molecule has 29 heavy (non-hydrogen) atoms. The fourth-order valence-corrected chi connectivity index (χ4v) is 3.61. The smallest absolute Gasteiger partial charge is 0.162 e. The number of pyridine rings is 1. The van der Waals surface area contributed by atoms with Crippen LogP contribution < -0.4 is 10.2 Å². The summed E-state index contributed by atoms with van der Waals surface area (Å²) >= 11 is 0. The van der Waals surface area contributed by atoms with E-state index in [0.717, 1.165) is 29.9 Å². The van der Waals surface area contributed by atoms with E-state index in [1.54, 1.807) is 19.3 Å². The molecule has 0 unspecified atom stereocenters. The minimum absolute atomic E-state index is 0.0948. The maximum absolute atomic E-state index is 14.1. The molecule has 0 radical (unpaired) electrons. The molecule has 0 saturated heterocycles. The highest BCUT2D eigenvalue weighted by molar-refractivity contribution is 5.86. The van der Waals surface area contributed by atoms with E-state index < -0.39 is 0 Å². The molecule has 0 saturated carbocycles. The Bertz CT molecular complexity index is 1170. The van der Waals surface area contributed by atoms with Gasteiger partial charge < -0.3 is 15.2 Å². The molecule has 4 rings (SSSR count). The molecule has 4 aromatic rings. The van der Waals surface area contributed by atoms with Gasteiger partial charge in [0.25, 0.3) is 0 Å². The van der Waals surface area contributed by atoms with Crippen LogP contribution in [0.5, 0.6) is 0 Å². The van der Waals surface area contributed by atoms with E-state index >= 15 is 0 Å². The van der Waals surface area contributed by atoms with Gasteiger partial charge in [0, 0.05) is 29.6 Å². The Morgan fingerprint density at radius 2 is 1.93 bits per heavy atom. The summed E-state index contributed by atoms with van der Waals surface area (Å²) in [5.41, 5.74) is 3.66. The highest BCUT2D eigenvalue weighted by atomic mass is 19.1.